The summed E-state index contributed by atoms with van der Waals surface area (Å²) in [5.74, 6) is 0. The molecule has 1 unspecified atom stereocenters. The van der Waals surface area contributed by atoms with E-state index in [1.807, 2.05) is 18.2 Å². The Kier molecular flexibility index (Phi) is 1.43. The van der Waals surface area contributed by atoms with Crippen molar-refractivity contribution in [3.8, 4) is 0 Å². The zero-order valence-corrected chi connectivity index (χ0v) is 6.94. The summed E-state index contributed by atoms with van der Waals surface area (Å²) >= 11 is 5.80. The van der Waals surface area contributed by atoms with Crippen LogP contribution in [0, 0.1) is 0 Å². The number of nitrogens with one attached hydrogen (secondary N) is 2. The number of benzene rings is 1. The molecule has 11 heavy (non-hydrogen) atoms. The normalized spacial score (nSPS) is 20.4. The van der Waals surface area contributed by atoms with Gasteiger partial charge in [0.25, 0.3) is 0 Å². The van der Waals surface area contributed by atoms with Crippen molar-refractivity contribution in [2.75, 3.05) is 10.6 Å². The second-order valence-electron chi connectivity index (χ2n) is 2.70. The Bertz CT molecular complexity index is 285. The third-order valence-electron chi connectivity index (χ3n) is 1.73. The van der Waals surface area contributed by atoms with Gasteiger partial charge < -0.3 is 10.6 Å². The first-order valence-corrected chi connectivity index (χ1v) is 3.96. The molecule has 0 aliphatic carbocycles. The van der Waals surface area contributed by atoms with Crippen molar-refractivity contribution in [2.24, 2.45) is 0 Å². The van der Waals surface area contributed by atoms with E-state index in [1.165, 1.54) is 0 Å². The van der Waals surface area contributed by atoms with Crippen LogP contribution in [0.3, 0.4) is 0 Å². The van der Waals surface area contributed by atoms with E-state index in [9.17, 15) is 0 Å². The van der Waals surface area contributed by atoms with Crippen LogP contribution in [-0.2, 0) is 0 Å². The molecule has 0 aromatic heterocycles. The van der Waals surface area contributed by atoms with Crippen LogP contribution in [0.5, 0.6) is 0 Å². The number of rotatable bonds is 0. The number of halogens is 1. The van der Waals surface area contributed by atoms with Gasteiger partial charge in [-0.1, -0.05) is 11.6 Å². The highest BCUT2D eigenvalue weighted by Crippen LogP contribution is 2.30. The molecule has 1 heterocycles. The molecule has 1 aliphatic heterocycles. The van der Waals surface area contributed by atoms with Crippen molar-refractivity contribution in [2.45, 2.75) is 13.1 Å². The third kappa shape index (κ3) is 1.14. The van der Waals surface area contributed by atoms with Gasteiger partial charge in [-0.25, -0.2) is 0 Å². The molecular formula is C8H9ClN2. The van der Waals surface area contributed by atoms with Gasteiger partial charge in [-0.3, -0.25) is 0 Å². The van der Waals surface area contributed by atoms with E-state index in [0.29, 0.717) is 6.17 Å². The fourth-order valence-corrected chi connectivity index (χ4v) is 1.44. The lowest BCUT2D eigenvalue weighted by molar-refractivity contribution is 0.956. The van der Waals surface area contributed by atoms with Crippen molar-refractivity contribution in [1.82, 2.24) is 0 Å². The van der Waals surface area contributed by atoms with E-state index in [0.717, 1.165) is 16.4 Å². The van der Waals surface area contributed by atoms with Gasteiger partial charge in [-0.15, -0.1) is 0 Å². The molecule has 2 nitrogen and oxygen atoms in total. The summed E-state index contributed by atoms with van der Waals surface area (Å²) in [7, 11) is 0. The Morgan fingerprint density at radius 3 is 2.82 bits per heavy atom. The minimum Gasteiger partial charge on any atom is -0.364 e. The van der Waals surface area contributed by atoms with Gasteiger partial charge in [-0.2, -0.15) is 0 Å². The van der Waals surface area contributed by atoms with Crippen molar-refractivity contribution in [3.05, 3.63) is 23.2 Å². The van der Waals surface area contributed by atoms with Crippen molar-refractivity contribution in [1.29, 1.82) is 0 Å². The van der Waals surface area contributed by atoms with Crippen LogP contribution >= 0.6 is 11.6 Å². The maximum Gasteiger partial charge on any atom is 0.0935 e. The Morgan fingerprint density at radius 1 is 1.27 bits per heavy atom. The highest BCUT2D eigenvalue weighted by molar-refractivity contribution is 6.31. The Morgan fingerprint density at radius 2 is 2.00 bits per heavy atom. The molecule has 1 aliphatic rings. The monoisotopic (exact) mass is 168 g/mol. The molecule has 0 bridgehead atoms. The standard InChI is InChI=1S/C8H9ClN2/c1-5-10-7-3-2-6(9)4-8(7)11-5/h2-5,10-11H,1H3. The Labute approximate surface area is 70.6 Å². The topological polar surface area (TPSA) is 24.1 Å². The van der Waals surface area contributed by atoms with Crippen molar-refractivity contribution < 1.29 is 0 Å². The van der Waals surface area contributed by atoms with Gasteiger partial charge >= 0.3 is 0 Å². The average Bonchev–Trinajstić information content (AvgIpc) is 2.27. The van der Waals surface area contributed by atoms with Crippen LogP contribution in [0.2, 0.25) is 5.02 Å². The molecule has 0 fully saturated rings. The fraction of sp³-hybridized carbons (Fsp3) is 0.250. The zero-order chi connectivity index (χ0) is 7.84. The minimum atomic E-state index is 0.309. The van der Waals surface area contributed by atoms with Crippen LogP contribution in [0.15, 0.2) is 18.2 Å². The highest BCUT2D eigenvalue weighted by Gasteiger charge is 2.14. The second kappa shape index (κ2) is 2.31. The molecule has 0 amide bonds. The van der Waals surface area contributed by atoms with Gasteiger partial charge in [0.05, 0.1) is 17.5 Å². The molecule has 0 saturated heterocycles. The van der Waals surface area contributed by atoms with Gasteiger partial charge in [0.2, 0.25) is 0 Å². The van der Waals surface area contributed by atoms with Crippen LogP contribution in [0.25, 0.3) is 0 Å². The molecule has 1 aromatic rings. The van der Waals surface area contributed by atoms with Crippen LogP contribution in [-0.4, -0.2) is 6.17 Å². The Balaban J connectivity index is 2.43. The first-order valence-electron chi connectivity index (χ1n) is 3.58. The second-order valence-corrected chi connectivity index (χ2v) is 3.14. The zero-order valence-electron chi connectivity index (χ0n) is 6.19. The van der Waals surface area contributed by atoms with Crippen molar-refractivity contribution >= 4 is 23.0 Å². The predicted molar refractivity (Wildman–Crippen MR) is 48.2 cm³/mol. The summed E-state index contributed by atoms with van der Waals surface area (Å²) in [4.78, 5) is 0. The summed E-state index contributed by atoms with van der Waals surface area (Å²) in [6, 6.07) is 5.79. The molecular weight excluding hydrogens is 160 g/mol. The maximum atomic E-state index is 5.80. The summed E-state index contributed by atoms with van der Waals surface area (Å²) in [5, 5.41) is 7.27. The smallest absolute Gasteiger partial charge is 0.0935 e. The quantitative estimate of drug-likeness (QED) is 0.622. The van der Waals surface area contributed by atoms with E-state index in [2.05, 4.69) is 17.6 Å². The fourth-order valence-electron chi connectivity index (χ4n) is 1.26. The largest absolute Gasteiger partial charge is 0.364 e. The van der Waals surface area contributed by atoms with Gasteiger partial charge in [0.15, 0.2) is 0 Å². The SMILES string of the molecule is CC1Nc2ccc(Cl)cc2N1. The van der Waals surface area contributed by atoms with E-state index < -0.39 is 0 Å². The van der Waals surface area contributed by atoms with Gasteiger partial charge in [0, 0.05) is 5.02 Å². The molecule has 58 valence electrons. The molecule has 1 aromatic carbocycles. The predicted octanol–water partition coefficient (Wildman–Crippen LogP) is 2.52. The number of hydrogen-bond donors (Lipinski definition) is 2. The van der Waals surface area contributed by atoms with Crippen LogP contribution in [0.1, 0.15) is 6.92 Å². The molecule has 2 N–H and O–H groups in total. The highest BCUT2D eigenvalue weighted by atomic mass is 35.5. The number of hydrogen-bond acceptors (Lipinski definition) is 2. The molecule has 0 spiro atoms. The summed E-state index contributed by atoms with van der Waals surface area (Å²) < 4.78 is 0. The Hall–Kier alpha value is -0.890. The number of fused-ring (bicyclic) bond motifs is 1. The summed E-state index contributed by atoms with van der Waals surface area (Å²) in [5.41, 5.74) is 2.21. The van der Waals surface area contributed by atoms with E-state index in [1.54, 1.807) is 0 Å². The lowest BCUT2D eigenvalue weighted by atomic mass is 10.3. The molecule has 0 saturated carbocycles. The van der Waals surface area contributed by atoms with Crippen molar-refractivity contribution in [3.63, 3.8) is 0 Å². The molecule has 1 atom stereocenters. The van der Waals surface area contributed by atoms with E-state index in [4.69, 9.17) is 11.6 Å². The summed E-state index contributed by atoms with van der Waals surface area (Å²) in [6.07, 6.45) is 0.309. The maximum absolute atomic E-state index is 5.80. The number of anilines is 2. The lowest BCUT2D eigenvalue weighted by Crippen LogP contribution is -2.16. The van der Waals surface area contributed by atoms with E-state index >= 15 is 0 Å². The lowest BCUT2D eigenvalue weighted by Gasteiger charge is -2.01. The molecule has 0 radical (unpaired) electrons. The molecule has 3 heteroatoms. The molecule has 2 rings (SSSR count). The minimum absolute atomic E-state index is 0.309. The van der Waals surface area contributed by atoms with Crippen LogP contribution < -0.4 is 10.6 Å². The average molecular weight is 169 g/mol. The first-order chi connectivity index (χ1) is 5.25. The van der Waals surface area contributed by atoms with Gasteiger partial charge in [-0.05, 0) is 25.1 Å². The first kappa shape index (κ1) is 6.80. The summed E-state index contributed by atoms with van der Waals surface area (Å²) in [6.45, 7) is 2.06. The van der Waals surface area contributed by atoms with Crippen LogP contribution in [0.4, 0.5) is 11.4 Å². The van der Waals surface area contributed by atoms with E-state index in [-0.39, 0.29) is 0 Å². The third-order valence-corrected chi connectivity index (χ3v) is 1.96. The van der Waals surface area contributed by atoms with Gasteiger partial charge in [0.1, 0.15) is 0 Å².